The fourth-order valence-electron chi connectivity index (χ4n) is 4.06. The molecule has 0 aliphatic heterocycles. The molecule has 0 saturated heterocycles. The number of carbonyl (C=O) groups excluding carboxylic acids is 1. The Bertz CT molecular complexity index is 1250. The Morgan fingerprint density at radius 3 is 2.65 bits per heavy atom. The molecule has 2 fully saturated rings. The standard InChI is InChI=1S/C21H23ClN4O4S/c22-13-1-4-16-15(11-13)25-20(30-16)12-7-9-21(23,10-8-12)26-19(27)17-5-6-18(29-17)31(24,28)14-2-3-14/h1,4-6,11-12,14,24H,2-3,7-10,23H2,(H,26,27)/t12-,21+,31?. The van der Waals surface area contributed by atoms with Crippen LogP contribution in [0.4, 0.5) is 0 Å². The lowest BCUT2D eigenvalue weighted by atomic mass is 9.82. The summed E-state index contributed by atoms with van der Waals surface area (Å²) < 4.78 is 31.9. The minimum absolute atomic E-state index is 0.0263. The van der Waals surface area contributed by atoms with Crippen LogP contribution in [0, 0.1) is 4.78 Å². The molecule has 164 valence electrons. The van der Waals surface area contributed by atoms with Crippen molar-refractivity contribution >= 4 is 38.3 Å². The third-order valence-corrected chi connectivity index (χ3v) is 8.52. The first-order valence-corrected chi connectivity index (χ1v) is 12.3. The second-order valence-electron chi connectivity index (χ2n) is 8.47. The molecular weight excluding hydrogens is 440 g/mol. The zero-order chi connectivity index (χ0) is 21.8. The number of halogens is 1. The normalized spacial score (nSPS) is 25.9. The Morgan fingerprint density at radius 2 is 1.94 bits per heavy atom. The lowest BCUT2D eigenvalue weighted by Gasteiger charge is -2.36. The maximum atomic E-state index is 12.7. The van der Waals surface area contributed by atoms with Crippen LogP contribution in [0.15, 0.2) is 44.3 Å². The highest BCUT2D eigenvalue weighted by Gasteiger charge is 2.38. The fourth-order valence-corrected chi connectivity index (χ4v) is 5.83. The van der Waals surface area contributed by atoms with Crippen molar-refractivity contribution in [3.63, 3.8) is 0 Å². The molecule has 8 nitrogen and oxygen atoms in total. The predicted octanol–water partition coefficient (Wildman–Crippen LogP) is 4.38. The van der Waals surface area contributed by atoms with Gasteiger partial charge in [0, 0.05) is 10.9 Å². The summed E-state index contributed by atoms with van der Waals surface area (Å²) in [6.45, 7) is 0. The van der Waals surface area contributed by atoms with E-state index in [1.54, 1.807) is 18.2 Å². The average Bonchev–Trinajstić information content (AvgIpc) is 3.32. The third kappa shape index (κ3) is 3.97. The number of nitrogens with two attached hydrogens (primary N) is 1. The van der Waals surface area contributed by atoms with Crippen LogP contribution < -0.4 is 11.1 Å². The van der Waals surface area contributed by atoms with Crippen molar-refractivity contribution in [2.75, 3.05) is 0 Å². The molecule has 31 heavy (non-hydrogen) atoms. The van der Waals surface area contributed by atoms with Gasteiger partial charge in [-0.15, -0.1) is 0 Å². The van der Waals surface area contributed by atoms with Crippen LogP contribution in [0.5, 0.6) is 0 Å². The van der Waals surface area contributed by atoms with E-state index < -0.39 is 21.3 Å². The van der Waals surface area contributed by atoms with Crippen molar-refractivity contribution in [2.45, 2.75) is 60.4 Å². The summed E-state index contributed by atoms with van der Waals surface area (Å²) in [4.78, 5) is 17.2. The van der Waals surface area contributed by atoms with Crippen molar-refractivity contribution in [3.05, 3.63) is 47.0 Å². The van der Waals surface area contributed by atoms with Gasteiger partial charge in [0.05, 0.1) is 10.9 Å². The molecule has 2 heterocycles. The van der Waals surface area contributed by atoms with Gasteiger partial charge in [-0.05, 0) is 68.9 Å². The molecular formula is C21H23ClN4O4S. The monoisotopic (exact) mass is 462 g/mol. The summed E-state index contributed by atoms with van der Waals surface area (Å²) in [5.74, 6) is 0.334. The number of fused-ring (bicyclic) bond motifs is 1. The maximum Gasteiger partial charge on any atom is 0.288 e. The second-order valence-corrected chi connectivity index (χ2v) is 11.2. The smallest absolute Gasteiger partial charge is 0.288 e. The molecule has 2 aromatic heterocycles. The van der Waals surface area contributed by atoms with Crippen molar-refractivity contribution in [1.29, 1.82) is 4.78 Å². The summed E-state index contributed by atoms with van der Waals surface area (Å²) >= 11 is 6.02. The molecule has 10 heteroatoms. The number of hydrogen-bond donors (Lipinski definition) is 3. The number of benzene rings is 1. The molecule has 1 unspecified atom stereocenters. The van der Waals surface area contributed by atoms with E-state index in [1.165, 1.54) is 12.1 Å². The summed E-state index contributed by atoms with van der Waals surface area (Å²) in [5.41, 5.74) is 6.99. The van der Waals surface area contributed by atoms with Crippen LogP contribution in [0.3, 0.4) is 0 Å². The molecule has 2 aliphatic rings. The highest BCUT2D eigenvalue weighted by molar-refractivity contribution is 7.93. The van der Waals surface area contributed by atoms with E-state index in [0.29, 0.717) is 42.2 Å². The first-order valence-electron chi connectivity index (χ1n) is 10.3. The van der Waals surface area contributed by atoms with Crippen molar-refractivity contribution in [3.8, 4) is 0 Å². The average molecular weight is 463 g/mol. The summed E-state index contributed by atoms with van der Waals surface area (Å²) in [7, 11) is -2.98. The van der Waals surface area contributed by atoms with Gasteiger partial charge < -0.3 is 19.9 Å². The Balaban J connectivity index is 1.24. The Kier molecular flexibility index (Phi) is 4.87. The second kappa shape index (κ2) is 7.36. The molecule has 0 bridgehead atoms. The van der Waals surface area contributed by atoms with E-state index in [1.807, 2.05) is 0 Å². The largest absolute Gasteiger partial charge is 0.441 e. The summed E-state index contributed by atoms with van der Waals surface area (Å²) in [6.07, 6.45) is 4.03. The maximum absolute atomic E-state index is 12.7. The zero-order valence-corrected chi connectivity index (χ0v) is 18.3. The minimum atomic E-state index is -2.98. The zero-order valence-electron chi connectivity index (χ0n) is 16.7. The number of furan rings is 1. The Hall–Kier alpha value is -2.36. The number of hydrogen-bond acceptors (Lipinski definition) is 7. The van der Waals surface area contributed by atoms with Gasteiger partial charge in [0.25, 0.3) is 5.91 Å². The molecule has 1 amide bonds. The van der Waals surface area contributed by atoms with E-state index in [4.69, 9.17) is 30.9 Å². The number of aromatic nitrogens is 1. The Morgan fingerprint density at radius 1 is 1.19 bits per heavy atom. The number of oxazole rings is 1. The Labute approximate surface area is 184 Å². The minimum Gasteiger partial charge on any atom is -0.441 e. The SMILES string of the molecule is N=S(=O)(c1ccc(C(=O)N[C@]2(N)CC[C@H](c3nc4cc(Cl)ccc4o3)CC2)o1)C1CC1. The van der Waals surface area contributed by atoms with Crippen LogP contribution in [-0.2, 0) is 9.73 Å². The van der Waals surface area contributed by atoms with Crippen molar-refractivity contribution < 1.29 is 17.8 Å². The highest BCUT2D eigenvalue weighted by Crippen LogP contribution is 2.37. The first-order chi connectivity index (χ1) is 14.7. The molecule has 2 saturated carbocycles. The van der Waals surface area contributed by atoms with E-state index in [9.17, 15) is 9.00 Å². The van der Waals surface area contributed by atoms with Crippen LogP contribution in [0.2, 0.25) is 5.02 Å². The number of nitrogens with one attached hydrogen (secondary N) is 2. The van der Waals surface area contributed by atoms with Gasteiger partial charge in [0.2, 0.25) is 0 Å². The summed E-state index contributed by atoms with van der Waals surface area (Å²) in [5, 5.41) is 3.35. The van der Waals surface area contributed by atoms with Crippen LogP contribution in [-0.4, -0.2) is 26.0 Å². The number of nitrogens with zero attached hydrogens (tertiary/aromatic N) is 1. The van der Waals surface area contributed by atoms with Crippen LogP contribution >= 0.6 is 11.6 Å². The summed E-state index contributed by atoms with van der Waals surface area (Å²) in [6, 6.07) is 8.27. The van der Waals surface area contributed by atoms with Gasteiger partial charge in [-0.3, -0.25) is 4.79 Å². The van der Waals surface area contributed by atoms with E-state index >= 15 is 0 Å². The molecule has 3 aromatic rings. The lowest BCUT2D eigenvalue weighted by Crippen LogP contribution is -2.57. The molecule has 0 spiro atoms. The molecule has 1 atom stereocenters. The quantitative estimate of drug-likeness (QED) is 0.481. The fraction of sp³-hybridized carbons (Fsp3) is 0.429. The topological polar surface area (TPSA) is 135 Å². The number of carbonyl (C=O) groups is 1. The number of rotatable bonds is 5. The molecule has 0 radical (unpaired) electrons. The van der Waals surface area contributed by atoms with Crippen LogP contribution in [0.25, 0.3) is 11.1 Å². The van der Waals surface area contributed by atoms with Gasteiger partial charge in [-0.1, -0.05) is 11.6 Å². The van der Waals surface area contributed by atoms with Gasteiger partial charge in [-0.25, -0.2) is 14.0 Å². The van der Waals surface area contributed by atoms with Gasteiger partial charge in [-0.2, -0.15) is 0 Å². The first kappa shape index (κ1) is 20.5. The van der Waals surface area contributed by atoms with Crippen molar-refractivity contribution in [2.24, 2.45) is 5.73 Å². The molecule has 2 aliphatic carbocycles. The molecule has 4 N–H and O–H groups in total. The number of amides is 1. The predicted molar refractivity (Wildman–Crippen MR) is 115 cm³/mol. The van der Waals surface area contributed by atoms with Gasteiger partial charge in [0.1, 0.15) is 15.2 Å². The van der Waals surface area contributed by atoms with E-state index in [2.05, 4.69) is 10.3 Å². The van der Waals surface area contributed by atoms with E-state index in [0.717, 1.165) is 18.4 Å². The van der Waals surface area contributed by atoms with Crippen molar-refractivity contribution in [1.82, 2.24) is 10.3 Å². The highest BCUT2D eigenvalue weighted by atomic mass is 35.5. The molecule has 1 aromatic carbocycles. The third-order valence-electron chi connectivity index (χ3n) is 6.05. The van der Waals surface area contributed by atoms with E-state index in [-0.39, 0.29) is 22.0 Å². The van der Waals surface area contributed by atoms with Crippen LogP contribution in [0.1, 0.15) is 60.9 Å². The molecule has 5 rings (SSSR count). The lowest BCUT2D eigenvalue weighted by molar-refractivity contribution is 0.0831. The van der Waals surface area contributed by atoms with Gasteiger partial charge >= 0.3 is 0 Å². The van der Waals surface area contributed by atoms with Gasteiger partial charge in [0.15, 0.2) is 22.3 Å².